The van der Waals surface area contributed by atoms with Gasteiger partial charge in [0.25, 0.3) is 0 Å². The number of allylic oxidation sites excluding steroid dienone is 8. The SMILES string of the molecule is C.C.C.C.C1=CC2CC1C1C3C=CC(C3)C21.C=CC1CC(C=C)C2C(C=C)CC(C=C)C12. The molecule has 8 unspecified atom stereocenters. The summed E-state index contributed by atoms with van der Waals surface area (Å²) in [5, 5.41) is 0. The van der Waals surface area contributed by atoms with E-state index in [-0.39, 0.29) is 29.7 Å². The maximum atomic E-state index is 4.00. The number of rotatable bonds is 4. The summed E-state index contributed by atoms with van der Waals surface area (Å²) in [6.45, 7) is 16.0. The van der Waals surface area contributed by atoms with Gasteiger partial charge in [0.1, 0.15) is 0 Å². The van der Waals surface area contributed by atoms with Crippen LogP contribution in [0.25, 0.3) is 0 Å². The van der Waals surface area contributed by atoms with Gasteiger partial charge in [0.2, 0.25) is 0 Å². The van der Waals surface area contributed by atoms with Crippen molar-refractivity contribution in [2.75, 3.05) is 0 Å². The molecule has 4 bridgehead atoms. The molecule has 0 aliphatic heterocycles. The van der Waals surface area contributed by atoms with E-state index in [9.17, 15) is 0 Å². The Kier molecular flexibility index (Phi) is 9.82. The van der Waals surface area contributed by atoms with Crippen LogP contribution in [-0.2, 0) is 0 Å². The van der Waals surface area contributed by atoms with Gasteiger partial charge in [0.05, 0.1) is 0 Å². The lowest BCUT2D eigenvalue weighted by Gasteiger charge is -2.28. The van der Waals surface area contributed by atoms with Gasteiger partial charge in [-0.15, -0.1) is 26.3 Å². The average molecular weight is 437 g/mol. The van der Waals surface area contributed by atoms with Crippen LogP contribution in [0.1, 0.15) is 55.4 Å². The minimum absolute atomic E-state index is 0. The van der Waals surface area contributed by atoms with Crippen molar-refractivity contribution in [3.05, 3.63) is 74.9 Å². The second kappa shape index (κ2) is 11.0. The molecule has 6 aliphatic rings. The molecule has 0 aromatic rings. The van der Waals surface area contributed by atoms with E-state index in [1.807, 2.05) is 0 Å². The van der Waals surface area contributed by atoms with Crippen molar-refractivity contribution in [1.82, 2.24) is 0 Å². The summed E-state index contributed by atoms with van der Waals surface area (Å²) in [6.07, 6.45) is 24.0. The molecule has 8 atom stereocenters. The van der Waals surface area contributed by atoms with Crippen LogP contribution in [0.5, 0.6) is 0 Å². The van der Waals surface area contributed by atoms with Crippen LogP contribution >= 0.6 is 0 Å². The van der Waals surface area contributed by atoms with Gasteiger partial charge in [-0.25, -0.2) is 0 Å². The van der Waals surface area contributed by atoms with Crippen LogP contribution in [0.15, 0.2) is 74.9 Å². The summed E-state index contributed by atoms with van der Waals surface area (Å²) in [4.78, 5) is 0. The lowest BCUT2D eigenvalue weighted by Crippen LogP contribution is -2.23. The average Bonchev–Trinajstić information content (AvgIpc) is 3.54. The number of hydrogen-bond donors (Lipinski definition) is 0. The van der Waals surface area contributed by atoms with Crippen molar-refractivity contribution in [2.45, 2.75) is 55.4 Å². The third kappa shape index (κ3) is 4.08. The first kappa shape index (κ1) is 28.5. The molecule has 0 saturated heterocycles. The first-order valence-corrected chi connectivity index (χ1v) is 11.6. The molecule has 0 aromatic heterocycles. The molecule has 0 N–H and O–H groups in total. The van der Waals surface area contributed by atoms with Gasteiger partial charge < -0.3 is 0 Å². The Hall–Kier alpha value is -1.56. The van der Waals surface area contributed by atoms with Crippen LogP contribution in [0.4, 0.5) is 0 Å². The standard InChI is InChI=1S/C16H22.C12H14.4CH4/c1-5-11-9-12(6-2)16-14(8-4)10-13(7-3)15(11)16;1-2-8-5-7(1)11-9-3-4-10(6-9)12(8)11;;;;/h5-8,11-16H,1-4,9-10H2;1-4,7-12H,5-6H2;4*1H4. The third-order valence-electron chi connectivity index (χ3n) is 9.44. The predicted octanol–water partition coefficient (Wildman–Crippen LogP) is 9.41. The molecule has 4 saturated carbocycles. The largest absolute Gasteiger partial charge is 0.103 e. The zero-order valence-electron chi connectivity index (χ0n) is 17.2. The Labute approximate surface area is 201 Å². The molecule has 0 heteroatoms. The Bertz CT molecular complexity index is 608. The van der Waals surface area contributed by atoms with Gasteiger partial charge >= 0.3 is 0 Å². The molecule has 6 aliphatic carbocycles. The molecule has 0 spiro atoms. The quantitative estimate of drug-likeness (QED) is 0.304. The predicted molar refractivity (Wildman–Crippen MR) is 146 cm³/mol. The maximum Gasteiger partial charge on any atom is -0.0191 e. The summed E-state index contributed by atoms with van der Waals surface area (Å²) >= 11 is 0. The van der Waals surface area contributed by atoms with Crippen molar-refractivity contribution in [3.63, 3.8) is 0 Å². The highest BCUT2D eigenvalue weighted by Crippen LogP contribution is 2.63. The third-order valence-corrected chi connectivity index (χ3v) is 9.44. The lowest BCUT2D eigenvalue weighted by molar-refractivity contribution is 0.290. The van der Waals surface area contributed by atoms with E-state index in [4.69, 9.17) is 0 Å². The van der Waals surface area contributed by atoms with E-state index in [2.05, 4.69) is 74.9 Å². The fourth-order valence-electron chi connectivity index (χ4n) is 8.48. The molecule has 0 radical (unpaired) electrons. The maximum absolute atomic E-state index is 4.00. The smallest absolute Gasteiger partial charge is 0.0191 e. The summed E-state index contributed by atoms with van der Waals surface area (Å²) in [6, 6.07) is 0. The molecular weight excluding hydrogens is 384 g/mol. The first-order chi connectivity index (χ1) is 13.7. The van der Waals surface area contributed by atoms with E-state index in [1.54, 1.807) is 0 Å². The highest BCUT2D eigenvalue weighted by molar-refractivity contribution is 5.25. The molecule has 0 heterocycles. The monoisotopic (exact) mass is 436 g/mol. The summed E-state index contributed by atoms with van der Waals surface area (Å²) in [5.74, 6) is 10.0. The van der Waals surface area contributed by atoms with Gasteiger partial charge in [0, 0.05) is 0 Å². The van der Waals surface area contributed by atoms with Gasteiger partial charge in [-0.1, -0.05) is 78.3 Å². The molecular formula is C32H52. The molecule has 4 fully saturated rings. The Morgan fingerprint density at radius 2 is 0.656 bits per heavy atom. The van der Waals surface area contributed by atoms with Crippen molar-refractivity contribution in [3.8, 4) is 0 Å². The fourth-order valence-corrected chi connectivity index (χ4v) is 8.48. The molecule has 0 nitrogen and oxygen atoms in total. The van der Waals surface area contributed by atoms with E-state index < -0.39 is 0 Å². The zero-order chi connectivity index (χ0) is 19.4. The molecule has 32 heavy (non-hydrogen) atoms. The van der Waals surface area contributed by atoms with E-state index in [0.29, 0.717) is 23.7 Å². The molecule has 0 amide bonds. The number of hydrogen-bond acceptors (Lipinski definition) is 0. The molecule has 0 aromatic carbocycles. The van der Waals surface area contributed by atoms with Crippen molar-refractivity contribution in [1.29, 1.82) is 0 Å². The highest BCUT2D eigenvalue weighted by Gasteiger charge is 2.56. The van der Waals surface area contributed by atoms with Crippen molar-refractivity contribution >= 4 is 0 Å². The van der Waals surface area contributed by atoms with E-state index in [1.165, 1.54) is 25.7 Å². The Balaban J connectivity index is 0.000000290. The van der Waals surface area contributed by atoms with Crippen LogP contribution < -0.4 is 0 Å². The minimum atomic E-state index is 0. The van der Waals surface area contributed by atoms with Crippen LogP contribution in [0.3, 0.4) is 0 Å². The fraction of sp³-hybridized carbons (Fsp3) is 0.625. The van der Waals surface area contributed by atoms with Crippen molar-refractivity contribution < 1.29 is 0 Å². The lowest BCUT2D eigenvalue weighted by atomic mass is 9.76. The van der Waals surface area contributed by atoms with Crippen LogP contribution in [0.2, 0.25) is 0 Å². The summed E-state index contributed by atoms with van der Waals surface area (Å²) < 4.78 is 0. The summed E-state index contributed by atoms with van der Waals surface area (Å²) in [5.41, 5.74) is 0. The second-order valence-electron chi connectivity index (χ2n) is 10.3. The normalized spacial score (nSPS) is 46.8. The molecule has 180 valence electrons. The minimum Gasteiger partial charge on any atom is -0.103 e. The highest BCUT2D eigenvalue weighted by atomic mass is 14.6. The van der Waals surface area contributed by atoms with E-state index in [0.717, 1.165) is 47.3 Å². The van der Waals surface area contributed by atoms with E-state index >= 15 is 0 Å². The molecule has 6 rings (SSSR count). The first-order valence-electron chi connectivity index (χ1n) is 11.6. The summed E-state index contributed by atoms with van der Waals surface area (Å²) in [7, 11) is 0. The van der Waals surface area contributed by atoms with Crippen molar-refractivity contribution in [2.24, 2.45) is 71.0 Å². The second-order valence-corrected chi connectivity index (χ2v) is 10.3. The topological polar surface area (TPSA) is 0 Å². The van der Waals surface area contributed by atoms with Gasteiger partial charge in [-0.3, -0.25) is 0 Å². The van der Waals surface area contributed by atoms with Gasteiger partial charge in [-0.05, 0) is 96.7 Å². The zero-order valence-corrected chi connectivity index (χ0v) is 17.2. The Morgan fingerprint density at radius 1 is 0.406 bits per heavy atom. The van der Waals surface area contributed by atoms with Gasteiger partial charge in [0.15, 0.2) is 0 Å². The van der Waals surface area contributed by atoms with Crippen LogP contribution in [0, 0.1) is 71.0 Å². The number of fused-ring (bicyclic) bond motifs is 10. The Morgan fingerprint density at radius 3 is 0.875 bits per heavy atom. The van der Waals surface area contributed by atoms with Crippen LogP contribution in [-0.4, -0.2) is 0 Å². The van der Waals surface area contributed by atoms with Gasteiger partial charge in [-0.2, -0.15) is 0 Å².